The largest absolute Gasteiger partial charge is 0.440 e. The second-order valence-corrected chi connectivity index (χ2v) is 8.78. The number of nitrogens with zero attached hydrogens (tertiary/aromatic N) is 4. The fraction of sp³-hybridized carbons (Fsp3) is 0.300. The maximum atomic E-state index is 13.1. The lowest BCUT2D eigenvalue weighted by atomic mass is 9.97. The zero-order valence-corrected chi connectivity index (χ0v) is 18.3. The van der Waals surface area contributed by atoms with Crippen molar-refractivity contribution in [2.45, 2.75) is 32.5 Å². The van der Waals surface area contributed by atoms with Gasteiger partial charge in [0, 0.05) is 43.7 Å². The third-order valence-corrected chi connectivity index (χ3v) is 5.92. The summed E-state index contributed by atoms with van der Waals surface area (Å²) < 4.78 is 18.1. The number of aromatic nitrogens is 3. The van der Waals surface area contributed by atoms with E-state index < -0.39 is 12.0 Å². The van der Waals surface area contributed by atoms with Crippen LogP contribution in [0.2, 0.25) is 0 Å². The van der Waals surface area contributed by atoms with Crippen LogP contribution >= 0.6 is 20.6 Å². The third kappa shape index (κ3) is 4.64. The highest BCUT2D eigenvalue weighted by molar-refractivity contribution is 7.16. The molecule has 1 amide bonds. The lowest BCUT2D eigenvalue weighted by molar-refractivity contribution is 0.0994. The summed E-state index contributed by atoms with van der Waals surface area (Å²) in [5.41, 5.74) is 9.70. The Morgan fingerprint density at radius 3 is 2.97 bits per heavy atom. The Morgan fingerprint density at radius 1 is 1.43 bits per heavy atom. The number of carbonyl (C=O) groups is 1. The average Bonchev–Trinajstić information content (AvgIpc) is 3.12. The van der Waals surface area contributed by atoms with Gasteiger partial charge < -0.3 is 10.5 Å². The molecule has 4 rings (SSSR count). The van der Waals surface area contributed by atoms with E-state index in [1.165, 1.54) is 0 Å². The molecule has 0 spiro atoms. The molecule has 1 aliphatic rings. The lowest BCUT2D eigenvalue weighted by Crippen LogP contribution is -2.32. The number of primary amides is 1. The molecule has 3 aromatic rings. The fourth-order valence-electron chi connectivity index (χ4n) is 3.55. The Bertz CT molecular complexity index is 1090. The Morgan fingerprint density at radius 2 is 2.27 bits per heavy atom. The number of rotatable bonds is 6. The van der Waals surface area contributed by atoms with Crippen molar-refractivity contribution >= 4 is 26.5 Å². The van der Waals surface area contributed by atoms with Gasteiger partial charge in [0.2, 0.25) is 5.88 Å². The van der Waals surface area contributed by atoms with Crippen LogP contribution in [0.15, 0.2) is 30.6 Å². The van der Waals surface area contributed by atoms with Gasteiger partial charge in [-0.3, -0.25) is 9.69 Å². The number of hydrogen-bond donors (Lipinski definition) is 1. The van der Waals surface area contributed by atoms with E-state index in [0.717, 1.165) is 45.2 Å². The summed E-state index contributed by atoms with van der Waals surface area (Å²) in [5, 5.41) is 0.963. The number of aryl methyl sites for hydroxylation is 1. The summed E-state index contributed by atoms with van der Waals surface area (Å²) in [5.74, 6) is -0.309. The third-order valence-electron chi connectivity index (χ3n) is 4.84. The van der Waals surface area contributed by atoms with Crippen LogP contribution in [0.25, 0.3) is 10.4 Å². The van der Waals surface area contributed by atoms with Gasteiger partial charge >= 0.3 is 0 Å². The van der Waals surface area contributed by atoms with E-state index in [1.807, 2.05) is 28.4 Å². The molecule has 4 heterocycles. The summed E-state index contributed by atoms with van der Waals surface area (Å²) in [6.45, 7) is 3.98. The Labute approximate surface area is 179 Å². The topological polar surface area (TPSA) is 94.2 Å². The molecule has 0 fully saturated rings. The summed E-state index contributed by atoms with van der Waals surface area (Å²) in [7, 11) is 1.94. The van der Waals surface area contributed by atoms with E-state index in [4.69, 9.17) is 10.5 Å². The molecule has 0 aromatic carbocycles. The first-order valence-electron chi connectivity index (χ1n) is 9.38. The zero-order chi connectivity index (χ0) is 21.3. The van der Waals surface area contributed by atoms with Crippen molar-refractivity contribution in [3.05, 3.63) is 58.1 Å². The van der Waals surface area contributed by atoms with Gasteiger partial charge in [-0.05, 0) is 36.6 Å². The Kier molecular flexibility index (Phi) is 6.04. The standard InChI is InChI=1S/C20H21FN5O2PS/c1-11-24-8-17(30-11)14-7-15(19(22)27)25-16-10-26(5-3-13(14)16)9-12-2-4-23-18(6-12)28-20(21)29/h2,4,6-8,20H,3,5,9-10,29H2,1H3,(H2,22,27). The van der Waals surface area contributed by atoms with Crippen molar-refractivity contribution in [1.82, 2.24) is 19.9 Å². The van der Waals surface area contributed by atoms with Gasteiger partial charge in [0.15, 0.2) is 0 Å². The average molecular weight is 445 g/mol. The number of carbonyl (C=O) groups excluding carboxylic acids is 1. The van der Waals surface area contributed by atoms with E-state index in [0.29, 0.717) is 13.1 Å². The maximum Gasteiger partial charge on any atom is 0.267 e. The first-order valence-corrected chi connectivity index (χ1v) is 10.9. The number of amides is 1. The molecule has 156 valence electrons. The number of ether oxygens (including phenoxy) is 1. The van der Waals surface area contributed by atoms with E-state index in [1.54, 1.807) is 29.7 Å². The summed E-state index contributed by atoms with van der Waals surface area (Å²) >= 11 is 1.59. The van der Waals surface area contributed by atoms with Crippen molar-refractivity contribution in [2.75, 3.05) is 6.54 Å². The van der Waals surface area contributed by atoms with E-state index in [2.05, 4.69) is 19.9 Å². The number of thiazole rings is 1. The number of fused-ring (bicyclic) bond motifs is 1. The first kappa shape index (κ1) is 20.8. The number of pyridine rings is 2. The molecule has 0 radical (unpaired) electrons. The molecular formula is C20H21FN5O2PS. The molecule has 0 bridgehead atoms. The highest BCUT2D eigenvalue weighted by atomic mass is 32.1. The van der Waals surface area contributed by atoms with Crippen LogP contribution in [0.1, 0.15) is 32.3 Å². The summed E-state index contributed by atoms with van der Waals surface area (Å²) in [6.07, 6.45) is 2.72. The molecular weight excluding hydrogens is 424 g/mol. The molecule has 0 aliphatic carbocycles. The molecule has 7 nitrogen and oxygen atoms in total. The smallest absolute Gasteiger partial charge is 0.267 e. The minimum Gasteiger partial charge on any atom is -0.440 e. The van der Waals surface area contributed by atoms with Crippen LogP contribution < -0.4 is 10.5 Å². The zero-order valence-electron chi connectivity index (χ0n) is 16.3. The van der Waals surface area contributed by atoms with Crippen LogP contribution in [0.4, 0.5) is 4.39 Å². The maximum absolute atomic E-state index is 13.1. The SMILES string of the molecule is Cc1ncc(-c2cc(C(N)=O)nc3c2CCN(Cc2ccnc(OC(F)P)c2)C3)s1. The molecule has 2 N–H and O–H groups in total. The van der Waals surface area contributed by atoms with Crippen molar-refractivity contribution in [1.29, 1.82) is 0 Å². The van der Waals surface area contributed by atoms with Gasteiger partial charge in [0.25, 0.3) is 12.0 Å². The van der Waals surface area contributed by atoms with Crippen LogP contribution in [0.3, 0.4) is 0 Å². The molecule has 0 saturated heterocycles. The fourth-order valence-corrected chi connectivity index (χ4v) is 4.51. The molecule has 3 aromatic heterocycles. The minimum atomic E-state index is -1.50. The Balaban J connectivity index is 1.60. The predicted octanol–water partition coefficient (Wildman–Crippen LogP) is 3.07. The van der Waals surface area contributed by atoms with Gasteiger partial charge in [-0.15, -0.1) is 11.3 Å². The number of halogens is 1. The highest BCUT2D eigenvalue weighted by Gasteiger charge is 2.24. The number of hydrogen-bond acceptors (Lipinski definition) is 7. The van der Waals surface area contributed by atoms with Gasteiger partial charge in [-0.25, -0.2) is 15.0 Å². The van der Waals surface area contributed by atoms with Gasteiger partial charge in [-0.1, -0.05) is 9.24 Å². The van der Waals surface area contributed by atoms with E-state index in [-0.39, 0.29) is 11.6 Å². The molecule has 2 unspecified atom stereocenters. The van der Waals surface area contributed by atoms with Gasteiger partial charge in [0.05, 0.1) is 15.6 Å². The van der Waals surface area contributed by atoms with Crippen LogP contribution in [0, 0.1) is 6.92 Å². The molecule has 2 atom stereocenters. The molecule has 0 saturated carbocycles. The van der Waals surface area contributed by atoms with Gasteiger partial charge in [0.1, 0.15) is 5.69 Å². The second-order valence-electron chi connectivity index (χ2n) is 7.02. The predicted molar refractivity (Wildman–Crippen MR) is 116 cm³/mol. The van der Waals surface area contributed by atoms with E-state index >= 15 is 0 Å². The monoisotopic (exact) mass is 445 g/mol. The molecule has 10 heteroatoms. The van der Waals surface area contributed by atoms with Crippen molar-refractivity contribution in [3.8, 4) is 16.3 Å². The van der Waals surface area contributed by atoms with Crippen molar-refractivity contribution in [2.24, 2.45) is 5.73 Å². The molecule has 1 aliphatic heterocycles. The number of alkyl halides is 1. The van der Waals surface area contributed by atoms with Crippen LogP contribution in [-0.4, -0.2) is 38.4 Å². The van der Waals surface area contributed by atoms with E-state index in [9.17, 15) is 9.18 Å². The van der Waals surface area contributed by atoms with Crippen LogP contribution in [0.5, 0.6) is 5.88 Å². The summed E-state index contributed by atoms with van der Waals surface area (Å²) in [6, 6.07) is 5.37. The normalized spacial score (nSPS) is 14.9. The number of nitrogens with two attached hydrogens (primary N) is 1. The minimum absolute atomic E-state index is 0.240. The van der Waals surface area contributed by atoms with Gasteiger partial charge in [-0.2, -0.15) is 4.39 Å². The second kappa shape index (κ2) is 8.71. The van der Waals surface area contributed by atoms with Crippen molar-refractivity contribution in [3.63, 3.8) is 0 Å². The lowest BCUT2D eigenvalue weighted by Gasteiger charge is -2.29. The quantitative estimate of drug-likeness (QED) is 0.586. The molecule has 30 heavy (non-hydrogen) atoms. The summed E-state index contributed by atoms with van der Waals surface area (Å²) in [4.78, 5) is 28.0. The van der Waals surface area contributed by atoms with Crippen LogP contribution in [-0.2, 0) is 19.5 Å². The Hall–Kier alpha value is -2.48. The highest BCUT2D eigenvalue weighted by Crippen LogP contribution is 2.34. The first-order chi connectivity index (χ1) is 14.4. The van der Waals surface area contributed by atoms with Crippen molar-refractivity contribution < 1.29 is 13.9 Å².